The van der Waals surface area contributed by atoms with E-state index in [2.05, 4.69) is 10.0 Å². The van der Waals surface area contributed by atoms with Crippen LogP contribution in [0, 0.1) is 17.8 Å². The number of esters is 3. The van der Waals surface area contributed by atoms with Crippen LogP contribution in [0.25, 0.3) is 10.4 Å². The molecular weight excluding hydrogens is 586 g/mol. The van der Waals surface area contributed by atoms with E-state index < -0.39 is 66.9 Å². The number of hydrogen-bond acceptors (Lipinski definition) is 11. The molecule has 4 rings (SSSR count). The van der Waals surface area contributed by atoms with Gasteiger partial charge in [-0.05, 0) is 41.6 Å². The lowest BCUT2D eigenvalue weighted by Crippen LogP contribution is -2.60. The molecular formula is C32H39N3O10. The maximum absolute atomic E-state index is 13.2. The lowest BCUT2D eigenvalue weighted by atomic mass is 9.83. The number of ether oxygens (including phenoxy) is 7. The number of azide groups is 1. The Morgan fingerprint density at radius 2 is 1.36 bits per heavy atom. The van der Waals surface area contributed by atoms with E-state index in [9.17, 15) is 19.9 Å². The summed E-state index contributed by atoms with van der Waals surface area (Å²) >= 11 is 0. The van der Waals surface area contributed by atoms with Crippen LogP contribution < -0.4 is 0 Å². The molecule has 0 amide bonds. The number of carbonyl (C=O) groups is 3. The highest BCUT2D eigenvalue weighted by molar-refractivity contribution is 5.89. The second-order valence-corrected chi connectivity index (χ2v) is 11.2. The summed E-state index contributed by atoms with van der Waals surface area (Å²) in [4.78, 5) is 40.6. The largest absolute Gasteiger partial charge is 0.463 e. The lowest BCUT2D eigenvalue weighted by Gasteiger charge is -2.48. The quantitative estimate of drug-likeness (QED) is 0.112. The van der Waals surface area contributed by atoms with Crippen LogP contribution in [0.2, 0.25) is 0 Å². The minimum Gasteiger partial charge on any atom is -0.463 e. The molecule has 2 aliphatic rings. The molecule has 0 bridgehead atoms. The molecule has 2 saturated heterocycles. The molecule has 13 nitrogen and oxygen atoms in total. The molecule has 13 heteroatoms. The molecule has 2 aliphatic heterocycles. The van der Waals surface area contributed by atoms with Crippen LogP contribution in [0.1, 0.15) is 48.4 Å². The van der Waals surface area contributed by atoms with Crippen molar-refractivity contribution in [1.29, 1.82) is 0 Å². The Hall–Kier alpha value is -4.00. The van der Waals surface area contributed by atoms with Crippen molar-refractivity contribution < 1.29 is 47.5 Å². The molecule has 0 radical (unpaired) electrons. The fourth-order valence-electron chi connectivity index (χ4n) is 5.53. The Labute approximate surface area is 261 Å². The van der Waals surface area contributed by atoms with Crippen LogP contribution in [-0.2, 0) is 38.0 Å². The first kappa shape index (κ1) is 33.9. The van der Waals surface area contributed by atoms with E-state index in [1.165, 1.54) is 14.0 Å². The van der Waals surface area contributed by atoms with Gasteiger partial charge < -0.3 is 33.2 Å². The molecule has 242 valence electrons. The second kappa shape index (κ2) is 15.8. The lowest BCUT2D eigenvalue weighted by molar-refractivity contribution is -0.327. The first-order valence-corrected chi connectivity index (χ1v) is 14.8. The van der Waals surface area contributed by atoms with Crippen molar-refractivity contribution in [2.75, 3.05) is 20.3 Å². The van der Waals surface area contributed by atoms with Gasteiger partial charge in [0.25, 0.3) is 0 Å². The summed E-state index contributed by atoms with van der Waals surface area (Å²) < 4.78 is 41.4. The van der Waals surface area contributed by atoms with Crippen molar-refractivity contribution in [3.63, 3.8) is 0 Å². The van der Waals surface area contributed by atoms with E-state index in [1.807, 2.05) is 13.8 Å². The zero-order valence-corrected chi connectivity index (χ0v) is 25.9. The molecule has 2 aromatic carbocycles. The molecule has 45 heavy (non-hydrogen) atoms. The van der Waals surface area contributed by atoms with Crippen molar-refractivity contribution in [2.24, 2.45) is 22.9 Å². The minimum atomic E-state index is -1.15. The smallest absolute Gasteiger partial charge is 0.338 e. The molecule has 2 aromatic rings. The van der Waals surface area contributed by atoms with Gasteiger partial charge in [0.1, 0.15) is 19.3 Å². The van der Waals surface area contributed by atoms with Gasteiger partial charge in [0, 0.05) is 24.9 Å². The van der Waals surface area contributed by atoms with E-state index >= 15 is 0 Å². The molecule has 0 saturated carbocycles. The third-order valence-corrected chi connectivity index (χ3v) is 8.32. The van der Waals surface area contributed by atoms with Crippen LogP contribution in [0.15, 0.2) is 65.8 Å². The highest BCUT2D eigenvalue weighted by Gasteiger charge is 2.50. The van der Waals surface area contributed by atoms with Crippen LogP contribution in [0.4, 0.5) is 0 Å². The molecule has 10 atom stereocenters. The summed E-state index contributed by atoms with van der Waals surface area (Å²) in [5.74, 6) is -2.63. The maximum Gasteiger partial charge on any atom is 0.338 e. The Morgan fingerprint density at radius 1 is 0.778 bits per heavy atom. The average Bonchev–Trinajstić information content (AvgIpc) is 3.05. The summed E-state index contributed by atoms with van der Waals surface area (Å²) in [7, 11) is 1.41. The summed E-state index contributed by atoms with van der Waals surface area (Å²) in [5.41, 5.74) is 10.00. The summed E-state index contributed by atoms with van der Waals surface area (Å²) in [6, 6.07) is 16.2. The van der Waals surface area contributed by atoms with Crippen molar-refractivity contribution in [1.82, 2.24) is 0 Å². The Balaban J connectivity index is 1.63. The zero-order chi connectivity index (χ0) is 32.5. The number of carbonyl (C=O) groups excluding carboxylic acids is 3. The van der Waals surface area contributed by atoms with Gasteiger partial charge in [-0.25, -0.2) is 9.59 Å². The van der Waals surface area contributed by atoms with E-state index in [4.69, 9.17) is 33.2 Å². The van der Waals surface area contributed by atoms with Gasteiger partial charge in [0.15, 0.2) is 18.7 Å². The molecule has 2 heterocycles. The number of nitrogens with zero attached hydrogens (tertiary/aromatic N) is 3. The van der Waals surface area contributed by atoms with Gasteiger partial charge in [-0.2, -0.15) is 0 Å². The number of benzene rings is 2. The first-order chi connectivity index (χ1) is 21.6. The van der Waals surface area contributed by atoms with E-state index in [-0.39, 0.29) is 25.0 Å². The molecule has 0 aliphatic carbocycles. The van der Waals surface area contributed by atoms with Crippen molar-refractivity contribution >= 4 is 17.9 Å². The highest BCUT2D eigenvalue weighted by atomic mass is 16.7. The topological polar surface area (TPSA) is 165 Å². The molecule has 0 spiro atoms. The predicted molar refractivity (Wildman–Crippen MR) is 159 cm³/mol. The van der Waals surface area contributed by atoms with Gasteiger partial charge in [-0.15, -0.1) is 0 Å². The number of rotatable bonds is 11. The summed E-state index contributed by atoms with van der Waals surface area (Å²) in [6.07, 6.45) is -5.36. The van der Waals surface area contributed by atoms with E-state index in [0.29, 0.717) is 11.1 Å². The van der Waals surface area contributed by atoms with Gasteiger partial charge >= 0.3 is 17.9 Å². The number of methoxy groups -OCH3 is 1. The van der Waals surface area contributed by atoms with Gasteiger partial charge in [0.2, 0.25) is 0 Å². The van der Waals surface area contributed by atoms with E-state index in [1.54, 1.807) is 67.6 Å². The first-order valence-electron chi connectivity index (χ1n) is 14.8. The summed E-state index contributed by atoms with van der Waals surface area (Å²) in [5, 5.41) is 3.89. The second-order valence-electron chi connectivity index (χ2n) is 11.2. The van der Waals surface area contributed by atoms with Crippen molar-refractivity contribution in [2.45, 2.75) is 70.7 Å². The highest BCUT2D eigenvalue weighted by Crippen LogP contribution is 2.38. The molecule has 0 aromatic heterocycles. The summed E-state index contributed by atoms with van der Waals surface area (Å²) in [6.45, 7) is 6.65. The SMILES string of the molecule is CO[C@H]1OC(COC(=O)c2ccccc2)[C@@H](O[C@@H]2OC(COC(C)=O)[C@@H](C)[C@H](C)C2OC(=O)c2ccccc2)[C@H](C)C1N=[N+]=[N-]. The fraction of sp³-hybridized carbons (Fsp3) is 0.531. The maximum atomic E-state index is 13.2. The third-order valence-electron chi connectivity index (χ3n) is 8.32. The van der Waals surface area contributed by atoms with Crippen molar-refractivity contribution in [3.8, 4) is 0 Å². The molecule has 2 fully saturated rings. The predicted octanol–water partition coefficient (Wildman–Crippen LogP) is 4.70. The van der Waals surface area contributed by atoms with E-state index in [0.717, 1.165) is 0 Å². The molecule has 0 N–H and O–H groups in total. The minimum absolute atomic E-state index is 0.0397. The van der Waals surface area contributed by atoms with Crippen LogP contribution in [-0.4, -0.2) is 81.3 Å². The normalized spacial score (nSPS) is 31.2. The van der Waals surface area contributed by atoms with Crippen LogP contribution in [0.5, 0.6) is 0 Å². The Kier molecular flexibility index (Phi) is 11.9. The van der Waals surface area contributed by atoms with Crippen LogP contribution in [0.3, 0.4) is 0 Å². The standard InChI is InChI=1S/C32H39N3O10/c1-18-19(2)28(44-30(38)23-14-10-7-11-15-23)32(42-24(18)16-40-21(4)36)45-27-20(3)26(34-35-33)31(39-5)43-25(27)17-41-29(37)22-12-8-6-9-13-22/h6-15,18-20,24-28,31-32H,16-17H2,1-5H3/t18-,19-,20+,24?,25?,26?,27-,28?,31-,32-/m0/s1. The van der Waals surface area contributed by atoms with Gasteiger partial charge in [-0.1, -0.05) is 62.3 Å². The zero-order valence-electron chi connectivity index (χ0n) is 25.9. The average molecular weight is 626 g/mol. The Morgan fingerprint density at radius 3 is 1.93 bits per heavy atom. The van der Waals surface area contributed by atoms with Gasteiger partial charge in [0.05, 0.1) is 29.4 Å². The van der Waals surface area contributed by atoms with Crippen LogP contribution >= 0.6 is 0 Å². The third kappa shape index (κ3) is 8.38. The van der Waals surface area contributed by atoms with Gasteiger partial charge in [-0.3, -0.25) is 4.79 Å². The fourth-order valence-corrected chi connectivity index (χ4v) is 5.53. The Bertz CT molecular complexity index is 1340. The van der Waals surface area contributed by atoms with Crippen molar-refractivity contribution in [3.05, 3.63) is 82.2 Å². The number of hydrogen-bond donors (Lipinski definition) is 0. The monoisotopic (exact) mass is 625 g/mol. The molecule has 4 unspecified atom stereocenters.